The molecule has 0 aliphatic rings. The van der Waals surface area contributed by atoms with E-state index in [0.29, 0.717) is 38.8 Å². The molecule has 1 aromatic heterocycles. The van der Waals surface area contributed by atoms with Crippen LogP contribution in [0, 0.1) is 0 Å². The first kappa shape index (κ1) is 24.5. The van der Waals surface area contributed by atoms with E-state index in [9.17, 15) is 9.59 Å². The number of methoxy groups -OCH3 is 2. The molecule has 0 radical (unpaired) electrons. The number of amides is 1. The van der Waals surface area contributed by atoms with Gasteiger partial charge in [-0.25, -0.2) is 10.4 Å². The molecule has 0 aliphatic carbocycles. The molecule has 35 heavy (non-hydrogen) atoms. The zero-order valence-corrected chi connectivity index (χ0v) is 21.3. The van der Waals surface area contributed by atoms with Gasteiger partial charge in [0.1, 0.15) is 0 Å². The summed E-state index contributed by atoms with van der Waals surface area (Å²) < 4.78 is 13.0. The standard InChI is InChI=1S/C25H21BrN4O4S/c1-33-21-9-5-6-16(23(21)34-2)14-27-29-22(31)15-35-25-28-20-8-4-3-7-19(20)24(32)30(25)18-12-10-17(26)11-13-18/h3-14H,15H2,1-2H3,(H,29,31). The molecule has 1 N–H and O–H groups in total. The summed E-state index contributed by atoms with van der Waals surface area (Å²) in [6, 6.07) is 19.8. The molecule has 8 nitrogen and oxygen atoms in total. The number of hydrogen-bond acceptors (Lipinski definition) is 7. The number of halogens is 1. The smallest absolute Gasteiger partial charge is 0.266 e. The van der Waals surface area contributed by atoms with Crippen LogP contribution in [0.2, 0.25) is 0 Å². The van der Waals surface area contributed by atoms with Crippen LogP contribution in [0.3, 0.4) is 0 Å². The Kier molecular flexibility index (Phi) is 7.84. The lowest BCUT2D eigenvalue weighted by Gasteiger charge is -2.13. The molecule has 3 aromatic carbocycles. The van der Waals surface area contributed by atoms with Gasteiger partial charge in [0, 0.05) is 10.0 Å². The first-order valence-corrected chi connectivity index (χ1v) is 12.2. The largest absolute Gasteiger partial charge is 0.493 e. The Morgan fingerprint density at radius 1 is 1.09 bits per heavy atom. The van der Waals surface area contributed by atoms with Crippen LogP contribution in [0.25, 0.3) is 16.6 Å². The number of ether oxygens (including phenoxy) is 2. The summed E-state index contributed by atoms with van der Waals surface area (Å²) in [7, 11) is 3.08. The Balaban J connectivity index is 1.55. The number of rotatable bonds is 8. The molecule has 10 heteroatoms. The molecular weight excluding hydrogens is 532 g/mol. The average Bonchev–Trinajstić information content (AvgIpc) is 2.88. The van der Waals surface area contributed by atoms with Crippen molar-refractivity contribution in [2.45, 2.75) is 5.16 Å². The van der Waals surface area contributed by atoms with Crippen molar-refractivity contribution in [3.05, 3.63) is 87.1 Å². The quantitative estimate of drug-likeness (QED) is 0.150. The van der Waals surface area contributed by atoms with E-state index in [1.54, 1.807) is 43.5 Å². The summed E-state index contributed by atoms with van der Waals surface area (Å²) in [4.78, 5) is 30.4. The van der Waals surface area contributed by atoms with Crippen LogP contribution >= 0.6 is 27.7 Å². The van der Waals surface area contributed by atoms with Crippen LogP contribution in [0.15, 0.2) is 86.3 Å². The number of carbonyl (C=O) groups excluding carboxylic acids is 1. The van der Waals surface area contributed by atoms with Crippen molar-refractivity contribution in [2.75, 3.05) is 20.0 Å². The van der Waals surface area contributed by atoms with E-state index in [1.165, 1.54) is 17.9 Å². The molecule has 0 fully saturated rings. The Hall–Kier alpha value is -3.63. The second-order valence-electron chi connectivity index (χ2n) is 7.19. The number of fused-ring (bicyclic) bond motifs is 1. The van der Waals surface area contributed by atoms with E-state index in [-0.39, 0.29) is 17.2 Å². The molecule has 0 saturated heterocycles. The lowest BCUT2D eigenvalue weighted by Crippen LogP contribution is -2.24. The summed E-state index contributed by atoms with van der Waals surface area (Å²) in [5, 5.41) is 4.94. The van der Waals surface area contributed by atoms with Crippen molar-refractivity contribution in [2.24, 2.45) is 5.10 Å². The highest BCUT2D eigenvalue weighted by molar-refractivity contribution is 9.10. The van der Waals surface area contributed by atoms with Crippen molar-refractivity contribution in [3.63, 3.8) is 0 Å². The zero-order chi connectivity index (χ0) is 24.8. The topological polar surface area (TPSA) is 94.8 Å². The Morgan fingerprint density at radius 2 is 1.86 bits per heavy atom. The molecule has 0 unspecified atom stereocenters. The molecule has 0 atom stereocenters. The Morgan fingerprint density at radius 3 is 2.60 bits per heavy atom. The van der Waals surface area contributed by atoms with Crippen molar-refractivity contribution < 1.29 is 14.3 Å². The average molecular weight is 553 g/mol. The maximum atomic E-state index is 13.3. The molecule has 0 spiro atoms. The second-order valence-corrected chi connectivity index (χ2v) is 9.05. The monoisotopic (exact) mass is 552 g/mol. The molecule has 1 amide bonds. The highest BCUT2D eigenvalue weighted by Gasteiger charge is 2.15. The van der Waals surface area contributed by atoms with Gasteiger partial charge in [0.15, 0.2) is 16.7 Å². The predicted molar refractivity (Wildman–Crippen MR) is 141 cm³/mol. The molecule has 0 bridgehead atoms. The molecule has 0 saturated carbocycles. The van der Waals surface area contributed by atoms with Gasteiger partial charge in [-0.05, 0) is 48.5 Å². The summed E-state index contributed by atoms with van der Waals surface area (Å²) >= 11 is 4.57. The summed E-state index contributed by atoms with van der Waals surface area (Å²) in [6.45, 7) is 0. The third kappa shape index (κ3) is 5.55. The molecule has 0 aliphatic heterocycles. The van der Waals surface area contributed by atoms with E-state index in [0.717, 1.165) is 16.2 Å². The number of para-hydroxylation sites is 2. The fourth-order valence-electron chi connectivity index (χ4n) is 3.38. The lowest BCUT2D eigenvalue weighted by molar-refractivity contribution is -0.118. The first-order chi connectivity index (χ1) is 17.0. The van der Waals surface area contributed by atoms with Crippen molar-refractivity contribution in [1.82, 2.24) is 15.0 Å². The van der Waals surface area contributed by atoms with Crippen LogP contribution in [0.1, 0.15) is 5.56 Å². The normalized spacial score (nSPS) is 11.1. The van der Waals surface area contributed by atoms with Gasteiger partial charge in [-0.1, -0.05) is 45.9 Å². The third-order valence-corrected chi connectivity index (χ3v) is 6.46. The molecular formula is C25H21BrN4O4S. The van der Waals surface area contributed by atoms with Gasteiger partial charge >= 0.3 is 0 Å². The van der Waals surface area contributed by atoms with E-state index in [1.807, 2.05) is 30.3 Å². The number of nitrogens with one attached hydrogen (secondary N) is 1. The number of carbonyl (C=O) groups is 1. The number of nitrogens with zero attached hydrogens (tertiary/aromatic N) is 3. The van der Waals surface area contributed by atoms with Crippen LogP contribution in [0.4, 0.5) is 0 Å². The van der Waals surface area contributed by atoms with Gasteiger partial charge in [0.05, 0.1) is 42.8 Å². The van der Waals surface area contributed by atoms with Crippen LogP contribution < -0.4 is 20.5 Å². The molecule has 4 aromatic rings. The second kappa shape index (κ2) is 11.2. The summed E-state index contributed by atoms with van der Waals surface area (Å²) in [5.74, 6) is 0.735. The SMILES string of the molecule is COc1cccc(C=NNC(=O)CSc2nc3ccccc3c(=O)n2-c2ccc(Br)cc2)c1OC. The van der Waals surface area contributed by atoms with Crippen molar-refractivity contribution >= 4 is 50.7 Å². The lowest BCUT2D eigenvalue weighted by atomic mass is 10.2. The summed E-state index contributed by atoms with van der Waals surface area (Å²) in [5.41, 5.74) is 4.17. The number of benzene rings is 3. The van der Waals surface area contributed by atoms with Gasteiger partial charge in [0.2, 0.25) is 0 Å². The maximum absolute atomic E-state index is 13.3. The van der Waals surface area contributed by atoms with Gasteiger partial charge in [-0.3, -0.25) is 14.2 Å². The minimum atomic E-state index is -0.349. The van der Waals surface area contributed by atoms with E-state index < -0.39 is 0 Å². The highest BCUT2D eigenvalue weighted by atomic mass is 79.9. The fraction of sp³-hybridized carbons (Fsp3) is 0.120. The van der Waals surface area contributed by atoms with Gasteiger partial charge < -0.3 is 9.47 Å². The molecule has 178 valence electrons. The zero-order valence-electron chi connectivity index (χ0n) is 18.9. The fourth-order valence-corrected chi connectivity index (χ4v) is 4.45. The van der Waals surface area contributed by atoms with Crippen LogP contribution in [-0.4, -0.2) is 41.6 Å². The molecule has 1 heterocycles. The van der Waals surface area contributed by atoms with Crippen molar-refractivity contribution in [1.29, 1.82) is 0 Å². The van der Waals surface area contributed by atoms with E-state index in [4.69, 9.17) is 9.47 Å². The Bertz CT molecular complexity index is 1450. The minimum Gasteiger partial charge on any atom is -0.493 e. The summed E-state index contributed by atoms with van der Waals surface area (Å²) in [6.07, 6.45) is 1.48. The number of hydrogen-bond donors (Lipinski definition) is 1. The minimum absolute atomic E-state index is 0.00783. The number of hydrazone groups is 1. The predicted octanol–water partition coefficient (Wildman–Crippen LogP) is 4.41. The van der Waals surface area contributed by atoms with Crippen LogP contribution in [0.5, 0.6) is 11.5 Å². The van der Waals surface area contributed by atoms with E-state index >= 15 is 0 Å². The van der Waals surface area contributed by atoms with Gasteiger partial charge in [0.25, 0.3) is 11.5 Å². The van der Waals surface area contributed by atoms with Gasteiger partial charge in [-0.2, -0.15) is 5.10 Å². The van der Waals surface area contributed by atoms with Crippen LogP contribution in [-0.2, 0) is 4.79 Å². The van der Waals surface area contributed by atoms with Gasteiger partial charge in [-0.15, -0.1) is 0 Å². The number of aromatic nitrogens is 2. The Labute approximate surface area is 214 Å². The molecule has 4 rings (SSSR count). The highest BCUT2D eigenvalue weighted by Crippen LogP contribution is 2.29. The van der Waals surface area contributed by atoms with E-state index in [2.05, 4.69) is 31.4 Å². The first-order valence-electron chi connectivity index (χ1n) is 10.4. The number of thioether (sulfide) groups is 1. The van der Waals surface area contributed by atoms with Crippen molar-refractivity contribution in [3.8, 4) is 17.2 Å². The third-order valence-electron chi connectivity index (χ3n) is 4.99. The maximum Gasteiger partial charge on any atom is 0.266 e.